The van der Waals surface area contributed by atoms with Crippen LogP contribution in [0.2, 0.25) is 5.02 Å². The molecule has 1 atom stereocenters. The van der Waals surface area contributed by atoms with E-state index in [1.807, 2.05) is 0 Å². The number of hydrogen-bond acceptors (Lipinski definition) is 5. The quantitative estimate of drug-likeness (QED) is 0.821. The molecule has 0 aliphatic carbocycles. The fraction of sp³-hybridized carbons (Fsp3) is 0.455. The minimum absolute atomic E-state index is 0.240. The monoisotopic (exact) mass is 320 g/mol. The highest BCUT2D eigenvalue weighted by Crippen LogP contribution is 2.24. The summed E-state index contributed by atoms with van der Waals surface area (Å²) in [6.45, 7) is 0.395. The second-order valence-corrected chi connectivity index (χ2v) is 7.97. The molecule has 1 amide bonds. The van der Waals surface area contributed by atoms with Crippen LogP contribution in [0.3, 0.4) is 0 Å². The van der Waals surface area contributed by atoms with Crippen molar-refractivity contribution in [2.24, 2.45) is 0 Å². The summed E-state index contributed by atoms with van der Waals surface area (Å²) in [4.78, 5) is 17.6. The SMILES string of the molecule is CS(=O)(=O)C1CSCCN1C(=O)c1cnccc1Cl. The molecule has 1 fully saturated rings. The van der Waals surface area contributed by atoms with E-state index < -0.39 is 15.2 Å². The molecule has 104 valence electrons. The van der Waals surface area contributed by atoms with Crippen molar-refractivity contribution in [3.8, 4) is 0 Å². The lowest BCUT2D eigenvalue weighted by molar-refractivity contribution is 0.0749. The molecule has 2 rings (SSSR count). The van der Waals surface area contributed by atoms with Crippen molar-refractivity contribution in [3.05, 3.63) is 29.0 Å². The lowest BCUT2D eigenvalue weighted by Crippen LogP contribution is -2.50. The molecular formula is C11H13ClN2O3S2. The van der Waals surface area contributed by atoms with Crippen molar-refractivity contribution >= 4 is 39.1 Å². The van der Waals surface area contributed by atoms with Gasteiger partial charge in [0.15, 0.2) is 9.84 Å². The number of hydrogen-bond donors (Lipinski definition) is 0. The molecule has 5 nitrogen and oxygen atoms in total. The Kier molecular flexibility index (Phi) is 4.37. The van der Waals surface area contributed by atoms with Crippen LogP contribution in [-0.2, 0) is 9.84 Å². The molecule has 19 heavy (non-hydrogen) atoms. The van der Waals surface area contributed by atoms with Gasteiger partial charge in [0.2, 0.25) is 0 Å². The number of thioether (sulfide) groups is 1. The Balaban J connectivity index is 2.34. The van der Waals surface area contributed by atoms with E-state index in [1.54, 1.807) is 0 Å². The summed E-state index contributed by atoms with van der Waals surface area (Å²) in [5.74, 6) is 0.729. The molecule has 0 spiro atoms. The van der Waals surface area contributed by atoms with Crippen molar-refractivity contribution < 1.29 is 13.2 Å². The third kappa shape index (κ3) is 3.21. The van der Waals surface area contributed by atoms with Gasteiger partial charge in [0.1, 0.15) is 5.37 Å². The zero-order valence-electron chi connectivity index (χ0n) is 10.2. The number of aromatic nitrogens is 1. The van der Waals surface area contributed by atoms with Crippen LogP contribution < -0.4 is 0 Å². The molecule has 0 aromatic carbocycles. The van der Waals surface area contributed by atoms with E-state index in [9.17, 15) is 13.2 Å². The first-order valence-corrected chi connectivity index (χ1v) is 9.07. The molecule has 1 aliphatic heterocycles. The summed E-state index contributed by atoms with van der Waals surface area (Å²) < 4.78 is 23.5. The number of carbonyl (C=O) groups is 1. The van der Waals surface area contributed by atoms with Crippen molar-refractivity contribution in [1.82, 2.24) is 9.88 Å². The minimum atomic E-state index is -3.32. The van der Waals surface area contributed by atoms with E-state index in [-0.39, 0.29) is 16.5 Å². The van der Waals surface area contributed by atoms with Crippen LogP contribution >= 0.6 is 23.4 Å². The third-order valence-corrected chi connectivity index (χ3v) is 5.81. The fourth-order valence-electron chi connectivity index (χ4n) is 1.86. The van der Waals surface area contributed by atoms with Crippen LogP contribution in [0.5, 0.6) is 0 Å². The lowest BCUT2D eigenvalue weighted by atomic mass is 10.2. The molecule has 1 unspecified atom stereocenters. The Morgan fingerprint density at radius 2 is 2.32 bits per heavy atom. The Labute approximate surface area is 121 Å². The maximum atomic E-state index is 12.4. The number of pyridine rings is 1. The molecule has 0 bridgehead atoms. The predicted octanol–water partition coefficient (Wildman–Crippen LogP) is 1.29. The van der Waals surface area contributed by atoms with Crippen molar-refractivity contribution in [2.75, 3.05) is 24.3 Å². The van der Waals surface area contributed by atoms with Gasteiger partial charge >= 0.3 is 0 Å². The first-order chi connectivity index (χ1) is 8.91. The standard InChI is InChI=1S/C11H13ClN2O3S2/c1-19(16,17)10-7-18-5-4-14(10)11(15)8-6-13-3-2-9(8)12/h2-3,6,10H,4-5,7H2,1H3. The summed E-state index contributed by atoms with van der Waals surface area (Å²) in [6, 6.07) is 1.52. The maximum Gasteiger partial charge on any atom is 0.258 e. The van der Waals surface area contributed by atoms with E-state index in [1.165, 1.54) is 35.1 Å². The molecular weight excluding hydrogens is 308 g/mol. The van der Waals surface area contributed by atoms with Gasteiger partial charge in [-0.25, -0.2) is 8.42 Å². The molecule has 0 saturated carbocycles. The van der Waals surface area contributed by atoms with Gasteiger partial charge in [-0.1, -0.05) is 11.6 Å². The molecule has 8 heteroatoms. The summed E-state index contributed by atoms with van der Waals surface area (Å²) >= 11 is 7.49. The summed E-state index contributed by atoms with van der Waals surface area (Å²) in [6.07, 6.45) is 4.00. The number of nitrogens with zero attached hydrogens (tertiary/aromatic N) is 2. The van der Waals surface area contributed by atoms with Crippen LogP contribution in [0.15, 0.2) is 18.5 Å². The molecule has 0 radical (unpaired) electrons. The van der Waals surface area contributed by atoms with E-state index >= 15 is 0 Å². The molecule has 2 heterocycles. The average molecular weight is 321 g/mol. The molecule has 0 N–H and O–H groups in total. The highest BCUT2D eigenvalue weighted by Gasteiger charge is 2.35. The van der Waals surface area contributed by atoms with Crippen LogP contribution in [-0.4, -0.2) is 53.9 Å². The highest BCUT2D eigenvalue weighted by atomic mass is 35.5. The van der Waals surface area contributed by atoms with Crippen molar-refractivity contribution in [1.29, 1.82) is 0 Å². The maximum absolute atomic E-state index is 12.4. The predicted molar refractivity (Wildman–Crippen MR) is 76.2 cm³/mol. The Hall–Kier alpha value is -0.790. The Morgan fingerprint density at radius 3 is 2.95 bits per heavy atom. The minimum Gasteiger partial charge on any atom is -0.320 e. The molecule has 1 aromatic rings. The normalized spacial score (nSPS) is 20.3. The van der Waals surface area contributed by atoms with E-state index in [0.717, 1.165) is 12.0 Å². The van der Waals surface area contributed by atoms with Gasteiger partial charge in [-0.05, 0) is 6.07 Å². The molecule has 1 aromatic heterocycles. The number of rotatable bonds is 2. The van der Waals surface area contributed by atoms with Gasteiger partial charge in [0, 0.05) is 36.7 Å². The van der Waals surface area contributed by atoms with E-state index in [4.69, 9.17) is 11.6 Å². The van der Waals surface area contributed by atoms with Crippen LogP contribution in [0.1, 0.15) is 10.4 Å². The summed E-state index contributed by atoms with van der Waals surface area (Å²) in [5, 5.41) is -0.513. The number of halogens is 1. The second-order valence-electron chi connectivity index (χ2n) is 4.21. The highest BCUT2D eigenvalue weighted by molar-refractivity contribution is 8.00. The molecule has 1 saturated heterocycles. The van der Waals surface area contributed by atoms with E-state index in [2.05, 4.69) is 4.98 Å². The zero-order chi connectivity index (χ0) is 14.0. The van der Waals surface area contributed by atoms with Crippen LogP contribution in [0.4, 0.5) is 0 Å². The van der Waals surface area contributed by atoms with Crippen LogP contribution in [0, 0.1) is 0 Å². The molecule has 1 aliphatic rings. The van der Waals surface area contributed by atoms with Gasteiger partial charge < -0.3 is 4.90 Å². The van der Waals surface area contributed by atoms with Gasteiger partial charge in [0.05, 0.1) is 10.6 Å². The first-order valence-electron chi connectivity index (χ1n) is 5.58. The number of sulfone groups is 1. The van der Waals surface area contributed by atoms with Gasteiger partial charge in [-0.2, -0.15) is 11.8 Å². The lowest BCUT2D eigenvalue weighted by Gasteiger charge is -2.34. The van der Waals surface area contributed by atoms with Gasteiger partial charge in [-0.3, -0.25) is 9.78 Å². The van der Waals surface area contributed by atoms with Crippen LogP contribution in [0.25, 0.3) is 0 Å². The van der Waals surface area contributed by atoms with Crippen molar-refractivity contribution in [3.63, 3.8) is 0 Å². The zero-order valence-corrected chi connectivity index (χ0v) is 12.6. The summed E-state index contributed by atoms with van der Waals surface area (Å²) in [7, 11) is -3.32. The smallest absolute Gasteiger partial charge is 0.258 e. The fourth-order valence-corrected chi connectivity index (χ4v) is 4.86. The first kappa shape index (κ1) is 14.6. The topological polar surface area (TPSA) is 67.3 Å². The number of carbonyl (C=O) groups excluding carboxylic acids is 1. The van der Waals surface area contributed by atoms with Crippen molar-refractivity contribution in [2.45, 2.75) is 5.37 Å². The van der Waals surface area contributed by atoms with Gasteiger partial charge in [-0.15, -0.1) is 0 Å². The number of amides is 1. The largest absolute Gasteiger partial charge is 0.320 e. The Morgan fingerprint density at radius 1 is 1.58 bits per heavy atom. The third-order valence-electron chi connectivity index (χ3n) is 2.84. The van der Waals surface area contributed by atoms with Gasteiger partial charge in [0.25, 0.3) is 5.91 Å². The average Bonchev–Trinajstić information content (AvgIpc) is 2.37. The van der Waals surface area contributed by atoms with E-state index in [0.29, 0.717) is 12.3 Å². The Bertz CT molecular complexity index is 591. The summed E-state index contributed by atoms with van der Waals surface area (Å²) in [5.41, 5.74) is 0.240. The second kappa shape index (κ2) is 5.68.